The summed E-state index contributed by atoms with van der Waals surface area (Å²) >= 11 is 0. The van der Waals surface area contributed by atoms with Crippen molar-refractivity contribution in [2.24, 2.45) is 5.84 Å². The number of carbonyl (C=O) groups is 1. The zero-order valence-corrected chi connectivity index (χ0v) is 10.4. The molecule has 2 aromatic heterocycles. The molecule has 0 atom stereocenters. The van der Waals surface area contributed by atoms with Gasteiger partial charge < -0.3 is 0 Å². The number of nitrogens with zero attached hydrogens (tertiary/aromatic N) is 4. The summed E-state index contributed by atoms with van der Waals surface area (Å²) < 4.78 is 0. The van der Waals surface area contributed by atoms with E-state index in [-0.39, 0.29) is 11.8 Å². The highest BCUT2D eigenvalue weighted by molar-refractivity contribution is 5.88. The molecule has 0 aromatic carbocycles. The average molecular weight is 260 g/mol. The van der Waals surface area contributed by atoms with Gasteiger partial charge in [-0.15, -0.1) is 0 Å². The minimum Gasteiger partial charge on any atom is -0.288 e. The SMILES string of the molecule is CC(=O)N(N)c1nc(-c2ccc(C)cn2)[nH]c(=O)n1. The fourth-order valence-corrected chi connectivity index (χ4v) is 1.35. The quantitative estimate of drug-likeness (QED) is 0.437. The van der Waals surface area contributed by atoms with Gasteiger partial charge in [0.25, 0.3) is 5.95 Å². The Hall–Kier alpha value is -2.61. The molecule has 0 spiro atoms. The van der Waals surface area contributed by atoms with E-state index in [1.54, 1.807) is 12.3 Å². The maximum absolute atomic E-state index is 11.5. The zero-order chi connectivity index (χ0) is 14.0. The molecule has 0 aliphatic heterocycles. The van der Waals surface area contributed by atoms with Gasteiger partial charge >= 0.3 is 5.69 Å². The molecule has 0 fully saturated rings. The van der Waals surface area contributed by atoms with Crippen molar-refractivity contribution in [1.29, 1.82) is 0 Å². The predicted molar refractivity (Wildman–Crippen MR) is 68.0 cm³/mol. The van der Waals surface area contributed by atoms with Crippen molar-refractivity contribution in [2.75, 3.05) is 5.01 Å². The van der Waals surface area contributed by atoms with Crippen LogP contribution < -0.4 is 16.5 Å². The summed E-state index contributed by atoms with van der Waals surface area (Å²) in [7, 11) is 0. The number of aromatic amines is 1. The van der Waals surface area contributed by atoms with Crippen molar-refractivity contribution in [2.45, 2.75) is 13.8 Å². The maximum atomic E-state index is 11.5. The fraction of sp³-hybridized carbons (Fsp3) is 0.182. The fourth-order valence-electron chi connectivity index (χ4n) is 1.35. The Morgan fingerprint density at radius 1 is 1.37 bits per heavy atom. The number of carbonyl (C=O) groups excluding carboxylic acids is 1. The van der Waals surface area contributed by atoms with E-state index >= 15 is 0 Å². The third kappa shape index (κ3) is 2.80. The monoisotopic (exact) mass is 260 g/mol. The zero-order valence-electron chi connectivity index (χ0n) is 10.4. The minimum absolute atomic E-state index is 0.173. The van der Waals surface area contributed by atoms with Crippen LogP contribution in [0.25, 0.3) is 11.5 Å². The first-order chi connectivity index (χ1) is 8.97. The summed E-state index contributed by atoms with van der Waals surface area (Å²) in [4.78, 5) is 36.7. The van der Waals surface area contributed by atoms with E-state index in [1.165, 1.54) is 6.92 Å². The van der Waals surface area contributed by atoms with Gasteiger partial charge in [-0.1, -0.05) is 6.07 Å². The van der Waals surface area contributed by atoms with Crippen molar-refractivity contribution in [3.05, 3.63) is 34.4 Å². The van der Waals surface area contributed by atoms with E-state index in [0.717, 1.165) is 5.56 Å². The van der Waals surface area contributed by atoms with E-state index < -0.39 is 11.6 Å². The van der Waals surface area contributed by atoms with Crippen LogP contribution >= 0.6 is 0 Å². The third-order valence-corrected chi connectivity index (χ3v) is 2.35. The number of aromatic nitrogens is 4. The number of H-pyrrole nitrogens is 1. The third-order valence-electron chi connectivity index (χ3n) is 2.35. The number of hydrazine groups is 1. The maximum Gasteiger partial charge on any atom is 0.349 e. The van der Waals surface area contributed by atoms with Crippen LogP contribution in [-0.2, 0) is 4.79 Å². The second-order valence-corrected chi connectivity index (χ2v) is 3.91. The van der Waals surface area contributed by atoms with Gasteiger partial charge in [0.2, 0.25) is 5.91 Å². The topological polar surface area (TPSA) is 118 Å². The van der Waals surface area contributed by atoms with Gasteiger partial charge in [0, 0.05) is 13.1 Å². The highest BCUT2D eigenvalue weighted by atomic mass is 16.2. The van der Waals surface area contributed by atoms with Crippen LogP contribution in [0.1, 0.15) is 12.5 Å². The van der Waals surface area contributed by atoms with Crippen molar-refractivity contribution in [3.63, 3.8) is 0 Å². The number of nitrogens with one attached hydrogen (secondary N) is 1. The molecular weight excluding hydrogens is 248 g/mol. The lowest BCUT2D eigenvalue weighted by molar-refractivity contribution is -0.116. The number of rotatable bonds is 2. The Balaban J connectivity index is 2.50. The molecule has 8 nitrogen and oxygen atoms in total. The predicted octanol–water partition coefficient (Wildman–Crippen LogP) is -0.238. The van der Waals surface area contributed by atoms with Gasteiger partial charge in [0.1, 0.15) is 5.69 Å². The molecule has 8 heteroatoms. The van der Waals surface area contributed by atoms with Gasteiger partial charge in [-0.05, 0) is 18.6 Å². The molecule has 0 saturated carbocycles. The number of amides is 1. The molecule has 0 aliphatic carbocycles. The molecular formula is C11H12N6O2. The van der Waals surface area contributed by atoms with E-state index in [1.807, 2.05) is 13.0 Å². The standard InChI is InChI=1S/C11H12N6O2/c1-6-3-4-8(13-5-6)9-14-10(16-11(19)15-9)17(12)7(2)18/h3-5H,12H2,1-2H3,(H,14,15,16,19). The Morgan fingerprint density at radius 3 is 2.68 bits per heavy atom. The molecule has 2 aromatic rings. The molecule has 1 amide bonds. The molecule has 2 heterocycles. The van der Waals surface area contributed by atoms with Crippen molar-refractivity contribution in [1.82, 2.24) is 19.9 Å². The van der Waals surface area contributed by atoms with Crippen molar-refractivity contribution < 1.29 is 4.79 Å². The highest BCUT2D eigenvalue weighted by Gasteiger charge is 2.13. The normalized spacial score (nSPS) is 10.3. The van der Waals surface area contributed by atoms with Crippen LogP contribution in [0.15, 0.2) is 23.1 Å². The number of anilines is 1. The first-order valence-electron chi connectivity index (χ1n) is 5.44. The van der Waals surface area contributed by atoms with E-state index in [4.69, 9.17) is 5.84 Å². The van der Waals surface area contributed by atoms with E-state index in [2.05, 4.69) is 19.9 Å². The molecule has 0 saturated heterocycles. The molecule has 0 radical (unpaired) electrons. The Labute approximate surface area is 108 Å². The smallest absolute Gasteiger partial charge is 0.288 e. The molecule has 3 N–H and O–H groups in total. The Kier molecular flexibility index (Phi) is 3.34. The number of hydrogen-bond donors (Lipinski definition) is 2. The number of nitrogens with two attached hydrogens (primary N) is 1. The largest absolute Gasteiger partial charge is 0.349 e. The van der Waals surface area contributed by atoms with Gasteiger partial charge in [-0.3, -0.25) is 14.8 Å². The first-order valence-corrected chi connectivity index (χ1v) is 5.44. The number of pyridine rings is 1. The van der Waals surface area contributed by atoms with Crippen molar-refractivity contribution in [3.8, 4) is 11.5 Å². The first kappa shape index (κ1) is 12.8. The summed E-state index contributed by atoms with van der Waals surface area (Å²) in [6.07, 6.45) is 1.64. The lowest BCUT2D eigenvalue weighted by Gasteiger charge is -2.11. The van der Waals surface area contributed by atoms with Crippen LogP contribution in [0.5, 0.6) is 0 Å². The van der Waals surface area contributed by atoms with Gasteiger partial charge in [0.15, 0.2) is 5.82 Å². The van der Waals surface area contributed by atoms with Crippen LogP contribution in [0.2, 0.25) is 0 Å². The van der Waals surface area contributed by atoms with E-state index in [9.17, 15) is 9.59 Å². The lowest BCUT2D eigenvalue weighted by Crippen LogP contribution is -2.38. The van der Waals surface area contributed by atoms with Crippen LogP contribution in [0.3, 0.4) is 0 Å². The van der Waals surface area contributed by atoms with Gasteiger partial charge in [-0.25, -0.2) is 15.6 Å². The number of aryl methyl sites for hydroxylation is 1. The molecule has 0 aliphatic rings. The van der Waals surface area contributed by atoms with Crippen LogP contribution in [-0.4, -0.2) is 25.8 Å². The summed E-state index contributed by atoms with van der Waals surface area (Å²) in [5.74, 6) is 5.01. The Bertz CT molecular complexity index is 664. The molecule has 98 valence electrons. The van der Waals surface area contributed by atoms with Crippen LogP contribution in [0.4, 0.5) is 5.95 Å². The summed E-state index contributed by atoms with van der Waals surface area (Å²) in [6.45, 7) is 3.14. The second kappa shape index (κ2) is 4.94. The lowest BCUT2D eigenvalue weighted by atomic mass is 10.2. The van der Waals surface area contributed by atoms with Gasteiger partial charge in [-0.2, -0.15) is 9.97 Å². The minimum atomic E-state index is -0.654. The molecule has 0 bridgehead atoms. The molecule has 19 heavy (non-hydrogen) atoms. The second-order valence-electron chi connectivity index (χ2n) is 3.91. The van der Waals surface area contributed by atoms with Crippen molar-refractivity contribution >= 4 is 11.9 Å². The van der Waals surface area contributed by atoms with Gasteiger partial charge in [0.05, 0.1) is 0 Å². The number of hydrogen-bond acceptors (Lipinski definition) is 6. The molecule has 2 rings (SSSR count). The Morgan fingerprint density at radius 2 is 2.11 bits per heavy atom. The highest BCUT2D eigenvalue weighted by Crippen LogP contribution is 2.12. The summed E-state index contributed by atoms with van der Waals surface area (Å²) in [5, 5.41) is 0.701. The van der Waals surface area contributed by atoms with E-state index in [0.29, 0.717) is 10.7 Å². The molecule has 0 unspecified atom stereocenters. The summed E-state index contributed by atoms with van der Waals surface area (Å²) in [5.41, 5.74) is 0.784. The summed E-state index contributed by atoms with van der Waals surface area (Å²) in [6, 6.07) is 3.53. The average Bonchev–Trinajstić information content (AvgIpc) is 2.37. The van der Waals surface area contributed by atoms with Crippen LogP contribution in [0, 0.1) is 6.92 Å².